The molecule has 214 valence electrons. The monoisotopic (exact) mass is 626 g/mol. The number of halogens is 3. The number of rotatable bonds is 5. The summed E-state index contributed by atoms with van der Waals surface area (Å²) in [5.41, 5.74) is 6.94. The van der Waals surface area contributed by atoms with Gasteiger partial charge in [0.1, 0.15) is 11.5 Å². The van der Waals surface area contributed by atoms with Crippen LogP contribution in [0.15, 0.2) is 41.0 Å². The Morgan fingerprint density at radius 2 is 1.63 bits per heavy atom. The molecule has 6 rings (SSSR count). The number of carbonyl (C=O) groups is 3. The van der Waals surface area contributed by atoms with Crippen LogP contribution < -0.4 is 5.73 Å². The summed E-state index contributed by atoms with van der Waals surface area (Å²) in [5, 5.41) is 8.25. The highest BCUT2D eigenvalue weighted by atomic mass is 79.9. The molecule has 3 aromatic rings. The van der Waals surface area contributed by atoms with Crippen molar-refractivity contribution in [3.8, 4) is 11.3 Å². The maximum absolute atomic E-state index is 14.3. The van der Waals surface area contributed by atoms with Crippen LogP contribution in [0.4, 0.5) is 14.5 Å². The van der Waals surface area contributed by atoms with Gasteiger partial charge >= 0.3 is 0 Å². The van der Waals surface area contributed by atoms with Crippen LogP contribution in [-0.4, -0.2) is 61.6 Å². The van der Waals surface area contributed by atoms with Crippen LogP contribution in [0.2, 0.25) is 0 Å². The van der Waals surface area contributed by atoms with Crippen molar-refractivity contribution in [1.29, 1.82) is 0 Å². The zero-order valence-electron chi connectivity index (χ0n) is 22.4. The van der Waals surface area contributed by atoms with Gasteiger partial charge in [0.05, 0.1) is 33.5 Å². The first-order valence-corrected chi connectivity index (χ1v) is 14.5. The molecule has 2 heterocycles. The highest BCUT2D eigenvalue weighted by Gasteiger charge is 2.42. The zero-order valence-corrected chi connectivity index (χ0v) is 24.0. The summed E-state index contributed by atoms with van der Waals surface area (Å²) in [4.78, 5) is 42.4. The van der Waals surface area contributed by atoms with E-state index in [-0.39, 0.29) is 63.2 Å². The Morgan fingerprint density at radius 3 is 2.29 bits per heavy atom. The maximum Gasteiger partial charge on any atom is 0.261 e. The molecule has 2 aromatic carbocycles. The third-order valence-electron chi connectivity index (χ3n) is 8.87. The Bertz CT molecular complexity index is 1520. The van der Waals surface area contributed by atoms with Crippen molar-refractivity contribution in [3.05, 3.63) is 63.8 Å². The summed E-state index contributed by atoms with van der Waals surface area (Å²) in [5.74, 6) is -2.25. The van der Waals surface area contributed by atoms with Crippen molar-refractivity contribution in [2.75, 3.05) is 12.8 Å². The summed E-state index contributed by atoms with van der Waals surface area (Å²) in [6.07, 6.45) is 6.34. The average Bonchev–Trinajstić information content (AvgIpc) is 3.72. The van der Waals surface area contributed by atoms with Gasteiger partial charge in [0, 0.05) is 30.6 Å². The van der Waals surface area contributed by atoms with E-state index in [0.717, 1.165) is 12.5 Å². The first-order chi connectivity index (χ1) is 19.7. The number of amides is 3. The number of hydrogen-bond donors (Lipinski definition) is 1. The summed E-state index contributed by atoms with van der Waals surface area (Å²) >= 11 is 2.85. The molecule has 9 nitrogen and oxygen atoms in total. The number of fused-ring (bicyclic) bond motifs is 1. The smallest absolute Gasteiger partial charge is 0.261 e. The second kappa shape index (κ2) is 10.6. The Balaban J connectivity index is 1.06. The van der Waals surface area contributed by atoms with Crippen molar-refractivity contribution >= 4 is 39.3 Å². The molecule has 2 unspecified atom stereocenters. The van der Waals surface area contributed by atoms with E-state index in [1.165, 1.54) is 4.90 Å². The van der Waals surface area contributed by atoms with Crippen LogP contribution in [0.5, 0.6) is 0 Å². The minimum atomic E-state index is -0.887. The van der Waals surface area contributed by atoms with Crippen molar-refractivity contribution in [2.24, 2.45) is 5.92 Å². The van der Waals surface area contributed by atoms with E-state index in [9.17, 15) is 23.2 Å². The Labute approximate surface area is 243 Å². The first-order valence-electron chi connectivity index (χ1n) is 13.7. The fourth-order valence-electron chi connectivity index (χ4n) is 6.53. The molecular weight excluding hydrogens is 598 g/mol. The van der Waals surface area contributed by atoms with E-state index in [4.69, 9.17) is 5.73 Å². The van der Waals surface area contributed by atoms with E-state index < -0.39 is 11.6 Å². The third-order valence-corrected chi connectivity index (χ3v) is 9.59. The number of nitrogen functional groups attached to an aromatic ring is 1. The second-order valence-electron chi connectivity index (χ2n) is 11.1. The van der Waals surface area contributed by atoms with Gasteiger partial charge in [-0.15, -0.1) is 5.10 Å². The second-order valence-corrected chi connectivity index (χ2v) is 11.9. The molecule has 0 saturated heterocycles. The van der Waals surface area contributed by atoms with Crippen LogP contribution in [0.25, 0.3) is 11.3 Å². The lowest BCUT2D eigenvalue weighted by Crippen LogP contribution is -2.47. The molecule has 41 heavy (non-hydrogen) atoms. The topological polar surface area (TPSA) is 114 Å². The molecule has 3 aliphatic rings. The molecule has 1 aliphatic heterocycles. The van der Waals surface area contributed by atoms with Gasteiger partial charge < -0.3 is 10.6 Å². The standard InChI is InChI=1S/C29H29BrF2N6O3/c1-36(16-8-10-17(11-9-16)38-28(40)19-4-2-3-5-20(19)29(38)41)27(39)15-6-7-18(12-15)37-14-23(34-35-37)21-13-22(31)24(30)25(32)26(21)33/h2-5,13-18H,6-12,33H2,1H3. The van der Waals surface area contributed by atoms with Gasteiger partial charge in [-0.25, -0.2) is 13.5 Å². The van der Waals surface area contributed by atoms with E-state index in [1.54, 1.807) is 35.1 Å². The largest absolute Gasteiger partial charge is 0.396 e. The number of aromatic nitrogens is 3. The predicted molar refractivity (Wildman–Crippen MR) is 150 cm³/mol. The number of benzene rings is 2. The number of hydrogen-bond acceptors (Lipinski definition) is 6. The number of imide groups is 1. The van der Waals surface area contributed by atoms with Crippen LogP contribution in [0.1, 0.15) is 71.7 Å². The minimum Gasteiger partial charge on any atom is -0.396 e. The summed E-state index contributed by atoms with van der Waals surface area (Å²) in [6, 6.07) is 7.83. The van der Waals surface area contributed by atoms with Crippen LogP contribution in [0, 0.1) is 17.6 Å². The minimum absolute atomic E-state index is 0.0381. The van der Waals surface area contributed by atoms with Crippen LogP contribution >= 0.6 is 15.9 Å². The molecule has 1 aromatic heterocycles. The SMILES string of the molecule is CN(C(=O)C1CCC(n2cc(-c3cc(F)c(Br)c(F)c3N)nn2)C1)C1CCC(N2C(=O)c3ccccc3C2=O)CC1. The molecule has 2 N–H and O–H groups in total. The third kappa shape index (κ3) is 4.71. The number of anilines is 1. The Morgan fingerprint density at radius 1 is 1.00 bits per heavy atom. The van der Waals surface area contributed by atoms with Gasteiger partial charge in [-0.05, 0) is 79.1 Å². The maximum atomic E-state index is 14.3. The lowest BCUT2D eigenvalue weighted by Gasteiger charge is -2.38. The lowest BCUT2D eigenvalue weighted by molar-refractivity contribution is -0.137. The molecule has 12 heteroatoms. The van der Waals surface area contributed by atoms with Crippen molar-refractivity contribution < 1.29 is 23.2 Å². The Hall–Kier alpha value is -3.67. The number of carbonyl (C=O) groups excluding carboxylic acids is 3. The summed E-state index contributed by atoms with van der Waals surface area (Å²) < 4.78 is 29.7. The van der Waals surface area contributed by atoms with Crippen molar-refractivity contribution in [2.45, 2.75) is 63.1 Å². The van der Waals surface area contributed by atoms with Gasteiger partial charge in [-0.2, -0.15) is 0 Å². The predicted octanol–water partition coefficient (Wildman–Crippen LogP) is 4.98. The number of nitrogens with zero attached hydrogens (tertiary/aromatic N) is 5. The first kappa shape index (κ1) is 27.5. The summed E-state index contributed by atoms with van der Waals surface area (Å²) in [7, 11) is 1.83. The van der Waals surface area contributed by atoms with Crippen LogP contribution in [0.3, 0.4) is 0 Å². The average molecular weight is 627 g/mol. The normalized spacial score (nSPS) is 24.1. The number of nitrogens with two attached hydrogens (primary N) is 1. The highest BCUT2D eigenvalue weighted by molar-refractivity contribution is 9.10. The molecule has 0 bridgehead atoms. The van der Waals surface area contributed by atoms with E-state index in [1.807, 2.05) is 11.9 Å². The molecular formula is C29H29BrF2N6O3. The molecule has 2 aliphatic carbocycles. The van der Waals surface area contributed by atoms with Crippen LogP contribution in [-0.2, 0) is 4.79 Å². The van der Waals surface area contributed by atoms with Gasteiger partial charge in [0.15, 0.2) is 5.82 Å². The van der Waals surface area contributed by atoms with Gasteiger partial charge in [-0.1, -0.05) is 17.3 Å². The quantitative estimate of drug-likeness (QED) is 0.243. The highest BCUT2D eigenvalue weighted by Crippen LogP contribution is 2.39. The molecule has 3 amide bonds. The van der Waals surface area contributed by atoms with Gasteiger partial charge in [0.25, 0.3) is 11.8 Å². The van der Waals surface area contributed by atoms with Crippen molar-refractivity contribution in [3.63, 3.8) is 0 Å². The summed E-state index contributed by atoms with van der Waals surface area (Å²) in [6.45, 7) is 0. The van der Waals surface area contributed by atoms with Gasteiger partial charge in [-0.3, -0.25) is 19.3 Å². The molecule has 0 radical (unpaired) electrons. The lowest BCUT2D eigenvalue weighted by atomic mass is 9.88. The van der Waals surface area contributed by atoms with Gasteiger partial charge in [0.2, 0.25) is 5.91 Å². The fourth-order valence-corrected chi connectivity index (χ4v) is 6.86. The zero-order chi connectivity index (χ0) is 29.0. The van der Waals surface area contributed by atoms with E-state index in [2.05, 4.69) is 26.2 Å². The molecule has 2 atom stereocenters. The van der Waals surface area contributed by atoms with E-state index >= 15 is 0 Å². The molecule has 2 saturated carbocycles. The fraction of sp³-hybridized carbons (Fsp3) is 0.414. The van der Waals surface area contributed by atoms with E-state index in [0.29, 0.717) is 49.7 Å². The van der Waals surface area contributed by atoms with Crippen molar-refractivity contribution in [1.82, 2.24) is 24.8 Å². The molecule has 0 spiro atoms. The Kier molecular flexibility index (Phi) is 7.13. The molecule has 2 fully saturated rings.